The third-order valence-electron chi connectivity index (χ3n) is 1.39. The van der Waals surface area contributed by atoms with Crippen LogP contribution in [0.1, 0.15) is 0 Å². The summed E-state index contributed by atoms with van der Waals surface area (Å²) < 4.78 is -6.32. The summed E-state index contributed by atoms with van der Waals surface area (Å²) in [7, 11) is 0. The smallest absolute Gasteiger partial charge is 0.102 e. The fourth-order valence-corrected chi connectivity index (χ4v) is 2.82. The predicted molar refractivity (Wildman–Crippen MR) is 74.3 cm³/mol. The number of hydrogen-bond donors (Lipinski definition) is 0. The molecule has 0 rings (SSSR count). The Labute approximate surface area is 137 Å². The van der Waals surface area contributed by atoms with Gasteiger partial charge in [-0.2, -0.15) is 0 Å². The molecule has 0 nitrogen and oxygen atoms in total. The van der Waals surface area contributed by atoms with Crippen LogP contribution < -0.4 is 0 Å². The maximum Gasteiger partial charge on any atom is 0.188 e. The SMILES string of the molecule is ClC(Cl)C(Cl)(Cl)C(Cl)(Cl)C(Cl)(Cl)C(Cl)Cl. The minimum absolute atomic E-state index is 1.36. The van der Waals surface area contributed by atoms with E-state index in [4.69, 9.17) is 116 Å². The molecule has 0 saturated heterocycles. The van der Waals surface area contributed by atoms with Crippen molar-refractivity contribution in [2.75, 3.05) is 0 Å². The van der Waals surface area contributed by atoms with Gasteiger partial charge in [-0.25, -0.2) is 0 Å². The van der Waals surface area contributed by atoms with Gasteiger partial charge in [-0.3, -0.25) is 0 Å². The van der Waals surface area contributed by atoms with Crippen LogP contribution in [0, 0.1) is 0 Å². The molecule has 0 radical (unpaired) electrons. The van der Waals surface area contributed by atoms with E-state index in [9.17, 15) is 0 Å². The second-order valence-electron chi connectivity index (χ2n) is 2.42. The van der Waals surface area contributed by atoms with Crippen molar-refractivity contribution in [1.29, 1.82) is 0 Å². The third-order valence-corrected chi connectivity index (χ3v) is 7.56. The van der Waals surface area contributed by atoms with Crippen LogP contribution in [-0.4, -0.2) is 22.7 Å². The molecule has 0 spiro atoms. The van der Waals surface area contributed by atoms with Gasteiger partial charge in [0.15, 0.2) is 13.0 Å². The lowest BCUT2D eigenvalue weighted by Crippen LogP contribution is -2.55. The predicted octanol–water partition coefficient (Wildman–Crippen LogP) is 6.12. The van der Waals surface area contributed by atoms with Crippen LogP contribution in [0.15, 0.2) is 0 Å². The minimum atomic E-state index is -2.19. The van der Waals surface area contributed by atoms with Crippen molar-refractivity contribution in [3.8, 4) is 0 Å². The Morgan fingerprint density at radius 2 is 0.733 bits per heavy atom. The summed E-state index contributed by atoms with van der Waals surface area (Å²) in [4.78, 5) is -2.72. The van der Waals surface area contributed by atoms with E-state index in [2.05, 4.69) is 0 Å². The number of alkyl halides is 10. The molecule has 0 aromatic carbocycles. The number of hydrogen-bond acceptors (Lipinski definition) is 0. The summed E-state index contributed by atoms with van der Waals surface area (Å²) in [5, 5.41) is 0. The van der Waals surface area contributed by atoms with Crippen molar-refractivity contribution >= 4 is 116 Å². The lowest BCUT2D eigenvalue weighted by atomic mass is 10.2. The Balaban J connectivity index is 5.30. The Bertz CT molecular complexity index is 196. The molecule has 0 aliphatic carbocycles. The maximum absolute atomic E-state index is 5.81. The van der Waals surface area contributed by atoms with Gasteiger partial charge in [0.1, 0.15) is 9.67 Å². The molecule has 10 heteroatoms. The van der Waals surface area contributed by atoms with Crippen LogP contribution in [0.25, 0.3) is 0 Å². The summed E-state index contributed by atoms with van der Waals surface area (Å²) in [5.74, 6) is 0. The maximum atomic E-state index is 5.81. The molecule has 92 valence electrons. The first-order valence-corrected chi connectivity index (χ1v) is 7.10. The van der Waals surface area contributed by atoms with Crippen LogP contribution in [0.4, 0.5) is 0 Å². The quantitative estimate of drug-likeness (QED) is 0.485. The summed E-state index contributed by atoms with van der Waals surface area (Å²) in [6.07, 6.45) is 0. The lowest BCUT2D eigenvalue weighted by molar-refractivity contribution is 0.618. The van der Waals surface area contributed by atoms with Crippen molar-refractivity contribution in [1.82, 2.24) is 0 Å². The van der Waals surface area contributed by atoms with Gasteiger partial charge in [0.2, 0.25) is 0 Å². The van der Waals surface area contributed by atoms with Gasteiger partial charge in [-0.15, -0.1) is 46.4 Å². The molecule has 0 amide bonds. The molecule has 0 aliphatic rings. The Hall–Kier alpha value is 2.90. The molecule has 0 unspecified atom stereocenters. The third kappa shape index (κ3) is 3.47. The van der Waals surface area contributed by atoms with E-state index in [1.165, 1.54) is 0 Å². The van der Waals surface area contributed by atoms with Crippen LogP contribution in [-0.2, 0) is 0 Å². The second kappa shape index (κ2) is 5.90. The first-order chi connectivity index (χ1) is 6.39. The topological polar surface area (TPSA) is 0 Å². The van der Waals surface area contributed by atoms with Gasteiger partial charge in [-0.05, 0) is 0 Å². The molecule has 0 aromatic heterocycles. The Morgan fingerprint density at radius 1 is 0.533 bits per heavy atom. The zero-order chi connectivity index (χ0) is 12.7. The molecule has 0 N–H and O–H groups in total. The Morgan fingerprint density at radius 3 is 0.867 bits per heavy atom. The van der Waals surface area contributed by atoms with Crippen molar-refractivity contribution < 1.29 is 0 Å². The molecule has 0 aromatic rings. The standard InChI is InChI=1S/C5H2Cl10/c6-1(7)3(10,11)5(14,15)4(12,13)2(8)9/h1-2H. The van der Waals surface area contributed by atoms with Gasteiger partial charge >= 0.3 is 0 Å². The number of halogens is 10. The molecule has 0 atom stereocenters. The van der Waals surface area contributed by atoms with Gasteiger partial charge in [0.25, 0.3) is 0 Å². The molecule has 0 saturated carbocycles. The fourth-order valence-electron chi connectivity index (χ4n) is 0.496. The largest absolute Gasteiger partial charge is 0.188 e. The van der Waals surface area contributed by atoms with Crippen LogP contribution in [0.2, 0.25) is 0 Å². The molecule has 0 heterocycles. The van der Waals surface area contributed by atoms with Gasteiger partial charge in [-0.1, -0.05) is 69.6 Å². The van der Waals surface area contributed by atoms with Crippen molar-refractivity contribution in [3.63, 3.8) is 0 Å². The first kappa shape index (κ1) is 17.9. The van der Waals surface area contributed by atoms with E-state index in [0.29, 0.717) is 0 Å². The fraction of sp³-hybridized carbons (Fsp3) is 1.00. The summed E-state index contributed by atoms with van der Waals surface area (Å²) in [6, 6.07) is 0. The first-order valence-electron chi connectivity index (χ1n) is 3.08. The van der Waals surface area contributed by atoms with Gasteiger partial charge in [0, 0.05) is 0 Å². The van der Waals surface area contributed by atoms with Crippen LogP contribution in [0.5, 0.6) is 0 Å². The summed E-state index contributed by atoms with van der Waals surface area (Å²) >= 11 is 56.6. The molecule has 0 bridgehead atoms. The lowest BCUT2D eigenvalue weighted by Gasteiger charge is -2.41. The zero-order valence-corrected chi connectivity index (χ0v) is 14.0. The monoisotopic (exact) mass is 412 g/mol. The molecular weight excluding hydrogens is 415 g/mol. The van der Waals surface area contributed by atoms with Crippen molar-refractivity contribution in [3.05, 3.63) is 0 Å². The second-order valence-corrected chi connectivity index (χ2v) is 8.71. The minimum Gasteiger partial charge on any atom is -0.102 e. The van der Waals surface area contributed by atoms with E-state index in [0.717, 1.165) is 0 Å². The molecule has 0 aliphatic heterocycles. The van der Waals surface area contributed by atoms with E-state index in [1.807, 2.05) is 0 Å². The molecule has 15 heavy (non-hydrogen) atoms. The van der Waals surface area contributed by atoms with Gasteiger partial charge < -0.3 is 0 Å². The summed E-state index contributed by atoms with van der Waals surface area (Å²) in [6.45, 7) is 0. The summed E-state index contributed by atoms with van der Waals surface area (Å²) in [5.41, 5.74) is 0. The van der Waals surface area contributed by atoms with E-state index >= 15 is 0 Å². The zero-order valence-electron chi connectivity index (χ0n) is 6.43. The van der Waals surface area contributed by atoms with Crippen LogP contribution in [0.3, 0.4) is 0 Å². The highest BCUT2D eigenvalue weighted by Crippen LogP contribution is 2.59. The van der Waals surface area contributed by atoms with Gasteiger partial charge in [0.05, 0.1) is 0 Å². The van der Waals surface area contributed by atoms with Crippen LogP contribution >= 0.6 is 116 Å². The van der Waals surface area contributed by atoms with Crippen molar-refractivity contribution in [2.24, 2.45) is 0 Å². The molecule has 0 fully saturated rings. The highest BCUT2D eigenvalue weighted by molar-refractivity contribution is 6.74. The molecular formula is C5H2Cl10. The Kier molecular flexibility index (Phi) is 7.05. The highest BCUT2D eigenvalue weighted by Gasteiger charge is 2.65. The van der Waals surface area contributed by atoms with Crippen molar-refractivity contribution in [2.45, 2.75) is 22.7 Å². The average Bonchev–Trinajstić information content (AvgIpc) is 2.02. The van der Waals surface area contributed by atoms with E-state index in [1.54, 1.807) is 0 Å². The highest BCUT2D eigenvalue weighted by atomic mass is 35.6. The van der Waals surface area contributed by atoms with E-state index < -0.39 is 22.7 Å². The van der Waals surface area contributed by atoms with E-state index in [-0.39, 0.29) is 0 Å². The average molecular weight is 417 g/mol. The normalized spacial score (nSPS) is 15.2. The number of rotatable bonds is 4.